The van der Waals surface area contributed by atoms with Crippen molar-refractivity contribution in [3.05, 3.63) is 64.0 Å². The zero-order valence-electron chi connectivity index (χ0n) is 20.1. The fraction of sp³-hybridized carbons (Fsp3) is 0.407. The van der Waals surface area contributed by atoms with Crippen LogP contribution < -0.4 is 10.2 Å². The van der Waals surface area contributed by atoms with Crippen LogP contribution in [-0.2, 0) is 11.3 Å². The Labute approximate surface area is 222 Å². The zero-order valence-corrected chi connectivity index (χ0v) is 21.7. The third-order valence-electron chi connectivity index (χ3n) is 7.60. The van der Waals surface area contributed by atoms with Crippen molar-refractivity contribution in [3.63, 3.8) is 0 Å². The molecule has 1 saturated carbocycles. The molecule has 0 unspecified atom stereocenters. The number of aryl methyl sites for hydroxylation is 1. The summed E-state index contributed by atoms with van der Waals surface area (Å²) in [6, 6.07) is 11.7. The van der Waals surface area contributed by atoms with E-state index in [9.17, 15) is 4.79 Å². The molecule has 0 bridgehead atoms. The van der Waals surface area contributed by atoms with Gasteiger partial charge in [0, 0.05) is 41.9 Å². The van der Waals surface area contributed by atoms with Crippen LogP contribution in [0.4, 0.5) is 17.3 Å². The van der Waals surface area contributed by atoms with Crippen molar-refractivity contribution in [1.82, 2.24) is 10.2 Å². The number of piperidine rings is 1. The van der Waals surface area contributed by atoms with E-state index in [-0.39, 0.29) is 24.2 Å². The number of carboxylic acid groups (broad SMARTS) is 1. The summed E-state index contributed by atoms with van der Waals surface area (Å²) >= 11 is 6.28. The average Bonchev–Trinajstić information content (AvgIpc) is 2.83. The van der Waals surface area contributed by atoms with E-state index in [2.05, 4.69) is 25.3 Å². The lowest BCUT2D eigenvalue weighted by Crippen LogP contribution is -2.47. The van der Waals surface area contributed by atoms with Gasteiger partial charge in [-0.15, -0.1) is 22.6 Å². The topological polar surface area (TPSA) is 82.7 Å². The Hall–Kier alpha value is -3.08. The smallest absolute Gasteiger partial charge is 0.303 e. The molecule has 1 spiro atoms. The van der Waals surface area contributed by atoms with Crippen LogP contribution in [0, 0.1) is 24.8 Å². The van der Waals surface area contributed by atoms with Gasteiger partial charge in [0.1, 0.15) is 0 Å². The Bertz CT molecular complexity index is 1320. The summed E-state index contributed by atoms with van der Waals surface area (Å²) in [6.45, 7) is 11.7. The second kappa shape index (κ2) is 10.5. The van der Waals surface area contributed by atoms with Crippen LogP contribution in [0.5, 0.6) is 0 Å². The summed E-state index contributed by atoms with van der Waals surface area (Å²) < 4.78 is 0. The first-order chi connectivity index (χ1) is 16.9. The first kappa shape index (κ1) is 26.0. The third kappa shape index (κ3) is 5.21. The second-order valence-corrected chi connectivity index (χ2v) is 10.4. The van der Waals surface area contributed by atoms with E-state index in [1.54, 1.807) is 0 Å². The monoisotopic (exact) mass is 525 g/mol. The van der Waals surface area contributed by atoms with E-state index in [0.717, 1.165) is 71.5 Å². The van der Waals surface area contributed by atoms with E-state index in [1.165, 1.54) is 0 Å². The molecule has 2 fully saturated rings. The molecule has 1 aromatic heterocycles. The molecule has 0 amide bonds. The summed E-state index contributed by atoms with van der Waals surface area (Å²) in [4.78, 5) is 16.9. The maximum Gasteiger partial charge on any atom is 0.303 e. The molecular weight excluding hydrogens is 497 g/mol. The van der Waals surface area contributed by atoms with E-state index in [1.807, 2.05) is 43.3 Å². The molecule has 1 aliphatic carbocycles. The first-order valence-electron chi connectivity index (χ1n) is 12.0. The minimum absolute atomic E-state index is 0. The number of hydrogen-bond donors (Lipinski definition) is 2. The van der Waals surface area contributed by atoms with Crippen molar-refractivity contribution in [1.29, 1.82) is 0 Å². The molecule has 36 heavy (non-hydrogen) atoms. The second-order valence-electron chi connectivity index (χ2n) is 10.0. The number of aliphatic carboxylic acids is 1. The Kier molecular flexibility index (Phi) is 7.58. The summed E-state index contributed by atoms with van der Waals surface area (Å²) in [6.07, 6.45) is 4.40. The predicted octanol–water partition coefficient (Wildman–Crippen LogP) is 6.65. The van der Waals surface area contributed by atoms with Crippen molar-refractivity contribution in [2.24, 2.45) is 11.3 Å². The highest BCUT2D eigenvalue weighted by atomic mass is 35.5. The van der Waals surface area contributed by atoms with E-state index in [4.69, 9.17) is 23.3 Å². The third-order valence-corrected chi connectivity index (χ3v) is 8.01. The van der Waals surface area contributed by atoms with Crippen LogP contribution in [-0.4, -0.2) is 34.4 Å². The van der Waals surface area contributed by atoms with Crippen LogP contribution in [0.25, 0.3) is 15.6 Å². The number of hydrogen-bond acceptors (Lipinski definition) is 5. The minimum atomic E-state index is -0.693. The maximum absolute atomic E-state index is 11.0. The molecule has 1 aliphatic heterocycles. The van der Waals surface area contributed by atoms with Crippen molar-refractivity contribution in [3.8, 4) is 0 Å². The predicted molar refractivity (Wildman–Crippen MR) is 145 cm³/mol. The highest BCUT2D eigenvalue weighted by Crippen LogP contribution is 2.54. The van der Waals surface area contributed by atoms with Gasteiger partial charge >= 0.3 is 5.97 Å². The van der Waals surface area contributed by atoms with Crippen molar-refractivity contribution < 1.29 is 9.90 Å². The zero-order chi connectivity index (χ0) is 24.6. The quantitative estimate of drug-likeness (QED) is 0.350. The lowest BCUT2D eigenvalue weighted by molar-refractivity contribution is -0.140. The van der Waals surface area contributed by atoms with Crippen LogP contribution >= 0.6 is 24.0 Å². The highest BCUT2D eigenvalue weighted by molar-refractivity contribution is 6.31. The molecule has 2 heterocycles. The minimum Gasteiger partial charge on any atom is -0.481 e. The van der Waals surface area contributed by atoms with E-state index in [0.29, 0.717) is 24.0 Å². The molecule has 7 nitrogen and oxygen atoms in total. The SMILES string of the molecule is Cl.[C-]#[N+]c1ccc2c(N3CCC4(CC3)CC(CC(=O)O)C4)nnc(NCc3ccc(C)c(Cl)c3)c2c1. The number of aromatic nitrogens is 2. The summed E-state index contributed by atoms with van der Waals surface area (Å²) in [7, 11) is 0. The number of halogens is 2. The van der Waals surface area contributed by atoms with Gasteiger partial charge in [-0.25, -0.2) is 4.85 Å². The Balaban J connectivity index is 0.00000304. The summed E-state index contributed by atoms with van der Waals surface area (Å²) in [5.41, 5.74) is 2.93. The molecule has 5 rings (SSSR count). The summed E-state index contributed by atoms with van der Waals surface area (Å²) in [5.74, 6) is 1.12. The number of anilines is 2. The molecule has 2 N–H and O–H groups in total. The largest absolute Gasteiger partial charge is 0.481 e. The van der Waals surface area contributed by atoms with Gasteiger partial charge in [0.25, 0.3) is 0 Å². The first-order valence-corrected chi connectivity index (χ1v) is 12.4. The van der Waals surface area contributed by atoms with Crippen molar-refractivity contribution in [2.75, 3.05) is 23.3 Å². The molecule has 1 saturated heterocycles. The lowest BCUT2D eigenvalue weighted by Gasteiger charge is -2.52. The van der Waals surface area contributed by atoms with Crippen LogP contribution in [0.15, 0.2) is 36.4 Å². The standard InChI is InChI=1S/C27H28ClN5O2.ClH/c1-17-3-4-18(11-23(17)28)16-30-25-22-13-20(29-2)5-6-21(22)26(32-31-25)33-9-7-27(8-10-33)14-19(15-27)12-24(34)35;/h3-6,11,13,19H,7-10,12,14-16H2,1H3,(H,30,31)(H,34,35);1H. The van der Waals surface area contributed by atoms with Gasteiger partial charge < -0.3 is 15.3 Å². The summed E-state index contributed by atoms with van der Waals surface area (Å²) in [5, 5.41) is 24.2. The number of benzene rings is 2. The molecule has 2 aliphatic rings. The molecule has 2 aromatic carbocycles. The highest BCUT2D eigenvalue weighted by Gasteiger charge is 2.46. The Morgan fingerprint density at radius 1 is 1.19 bits per heavy atom. The van der Waals surface area contributed by atoms with Gasteiger partial charge in [-0.3, -0.25) is 4.79 Å². The number of carbonyl (C=O) groups is 1. The van der Waals surface area contributed by atoms with Crippen LogP contribution in [0.3, 0.4) is 0 Å². The molecule has 0 atom stereocenters. The molecule has 188 valence electrons. The lowest BCUT2D eigenvalue weighted by atomic mass is 9.57. The molecule has 0 radical (unpaired) electrons. The Morgan fingerprint density at radius 3 is 2.61 bits per heavy atom. The van der Waals surface area contributed by atoms with Gasteiger partial charge in [-0.05, 0) is 67.2 Å². The molecule has 3 aromatic rings. The normalized spacial score (nSPS) is 16.8. The van der Waals surface area contributed by atoms with Crippen LogP contribution in [0.2, 0.25) is 5.02 Å². The van der Waals surface area contributed by atoms with Gasteiger partial charge in [0.05, 0.1) is 6.57 Å². The van der Waals surface area contributed by atoms with E-state index >= 15 is 0 Å². The van der Waals surface area contributed by atoms with Gasteiger partial charge in [-0.2, -0.15) is 0 Å². The molecule has 9 heteroatoms. The van der Waals surface area contributed by atoms with Gasteiger partial charge in [-0.1, -0.05) is 35.9 Å². The number of nitrogens with one attached hydrogen (secondary N) is 1. The molecular formula is C27H29Cl2N5O2. The number of fused-ring (bicyclic) bond motifs is 1. The van der Waals surface area contributed by atoms with Crippen molar-refractivity contribution >= 4 is 58.1 Å². The van der Waals surface area contributed by atoms with E-state index < -0.39 is 5.97 Å². The Morgan fingerprint density at radius 2 is 1.94 bits per heavy atom. The van der Waals surface area contributed by atoms with Crippen molar-refractivity contribution in [2.45, 2.75) is 45.6 Å². The number of carboxylic acids is 1. The average molecular weight is 526 g/mol. The van der Waals surface area contributed by atoms with Crippen LogP contribution in [0.1, 0.15) is 43.2 Å². The van der Waals surface area contributed by atoms with Gasteiger partial charge in [0.15, 0.2) is 17.3 Å². The number of nitrogens with zero attached hydrogens (tertiary/aromatic N) is 4. The fourth-order valence-electron chi connectivity index (χ4n) is 5.65. The number of rotatable bonds is 6. The van der Waals surface area contributed by atoms with Gasteiger partial charge in [0.2, 0.25) is 0 Å². The maximum atomic E-state index is 11.0. The fourth-order valence-corrected chi connectivity index (χ4v) is 5.85.